The topological polar surface area (TPSA) is 95.8 Å². The molecule has 0 aromatic heterocycles. The molecule has 0 spiro atoms. The Bertz CT molecular complexity index is 2020. The van der Waals surface area contributed by atoms with Crippen molar-refractivity contribution in [2.45, 2.75) is 90.9 Å². The average molecular weight is 817 g/mol. The molecule has 5 aromatic rings. The zero-order valence-corrected chi connectivity index (χ0v) is 34.5. The van der Waals surface area contributed by atoms with E-state index in [1.807, 2.05) is 24.3 Å². The molecule has 0 bridgehead atoms. The van der Waals surface area contributed by atoms with E-state index in [0.717, 1.165) is 49.3 Å². The fourth-order valence-corrected chi connectivity index (χ4v) is 6.14. The Morgan fingerprint density at radius 2 is 0.883 bits per heavy atom. The van der Waals surface area contributed by atoms with E-state index in [4.69, 9.17) is 18.9 Å². The summed E-state index contributed by atoms with van der Waals surface area (Å²) in [5, 5.41) is 0. The van der Waals surface area contributed by atoms with Crippen LogP contribution in [-0.2, 0) is 0 Å². The SMILES string of the molecule is CCCCCCCCOc1ccc(N=Cc2ccc(C(=O)Oc3cccc(OC(=O)c4ccc(C=Nc5ccc(OCCCCCCCC)cc5)c(F)c4)c3)cc2F)cc1. The average Bonchev–Trinajstić information content (AvgIpc) is 3.26. The first-order valence-electron chi connectivity index (χ1n) is 21.0. The number of benzene rings is 5. The second-order valence-corrected chi connectivity index (χ2v) is 14.5. The van der Waals surface area contributed by atoms with Crippen molar-refractivity contribution in [1.29, 1.82) is 0 Å². The van der Waals surface area contributed by atoms with Gasteiger partial charge in [0.2, 0.25) is 0 Å². The molecule has 0 saturated carbocycles. The second-order valence-electron chi connectivity index (χ2n) is 14.5. The predicted molar refractivity (Wildman–Crippen MR) is 234 cm³/mol. The van der Waals surface area contributed by atoms with Gasteiger partial charge in [-0.25, -0.2) is 18.4 Å². The lowest BCUT2D eigenvalue weighted by atomic mass is 10.1. The van der Waals surface area contributed by atoms with Crippen molar-refractivity contribution >= 4 is 35.7 Å². The molecule has 8 nitrogen and oxygen atoms in total. The molecular weight excluding hydrogens is 763 g/mol. The summed E-state index contributed by atoms with van der Waals surface area (Å²) in [5.74, 6) is -1.31. The lowest BCUT2D eigenvalue weighted by Crippen LogP contribution is -2.11. The van der Waals surface area contributed by atoms with Gasteiger partial charge in [-0.15, -0.1) is 0 Å². The van der Waals surface area contributed by atoms with E-state index < -0.39 is 23.6 Å². The van der Waals surface area contributed by atoms with E-state index in [2.05, 4.69) is 23.8 Å². The molecule has 0 radical (unpaired) electrons. The Balaban J connectivity index is 1.07. The van der Waals surface area contributed by atoms with Crippen LogP contribution < -0.4 is 18.9 Å². The maximum atomic E-state index is 15.0. The van der Waals surface area contributed by atoms with Gasteiger partial charge in [-0.05, 0) is 110 Å². The van der Waals surface area contributed by atoms with Crippen LogP contribution in [0.1, 0.15) is 123 Å². The standard InChI is InChI=1S/C50H54F2N2O6/c1-3-5-7-9-11-13-30-57-43-26-22-41(23-27-43)53-35-39-20-18-37(32-47(39)51)49(55)59-45-16-15-17-46(34-45)60-50(56)38-19-21-40(48(52)33-38)36-54-42-24-28-44(29-25-42)58-31-14-12-10-8-6-4-2/h15-29,32-36H,3-14,30-31H2,1-2H3. The van der Waals surface area contributed by atoms with Crippen LogP contribution in [0, 0.1) is 11.6 Å². The van der Waals surface area contributed by atoms with Gasteiger partial charge in [0, 0.05) is 29.6 Å². The van der Waals surface area contributed by atoms with Crippen molar-refractivity contribution in [2.24, 2.45) is 9.98 Å². The number of ether oxygens (including phenoxy) is 4. The van der Waals surface area contributed by atoms with Gasteiger partial charge in [0.25, 0.3) is 0 Å². The summed E-state index contributed by atoms with van der Waals surface area (Å²) in [6.45, 7) is 5.73. The van der Waals surface area contributed by atoms with Crippen LogP contribution >= 0.6 is 0 Å². The molecular formula is C50H54F2N2O6. The fourth-order valence-electron chi connectivity index (χ4n) is 6.14. The van der Waals surface area contributed by atoms with Crippen LogP contribution in [-0.4, -0.2) is 37.6 Å². The highest BCUT2D eigenvalue weighted by atomic mass is 19.1. The Morgan fingerprint density at radius 1 is 0.483 bits per heavy atom. The number of esters is 2. The first kappa shape index (κ1) is 44.9. The maximum absolute atomic E-state index is 15.0. The normalized spacial score (nSPS) is 11.3. The quantitative estimate of drug-likeness (QED) is 0.0266. The second kappa shape index (κ2) is 24.7. The van der Waals surface area contributed by atoms with Gasteiger partial charge in [0.15, 0.2) is 0 Å². The molecule has 0 fully saturated rings. The van der Waals surface area contributed by atoms with Gasteiger partial charge in [0.1, 0.15) is 34.6 Å². The Morgan fingerprint density at radius 3 is 1.28 bits per heavy atom. The third-order valence-corrected chi connectivity index (χ3v) is 9.61. The first-order chi connectivity index (χ1) is 29.3. The molecule has 0 atom stereocenters. The molecule has 0 saturated heterocycles. The summed E-state index contributed by atoms with van der Waals surface area (Å²) < 4.78 is 52.5. The summed E-state index contributed by atoms with van der Waals surface area (Å²) in [6, 6.07) is 28.2. The number of carbonyl (C=O) groups is 2. The van der Waals surface area contributed by atoms with Crippen molar-refractivity contribution in [3.63, 3.8) is 0 Å². The van der Waals surface area contributed by atoms with E-state index in [0.29, 0.717) is 24.6 Å². The molecule has 0 amide bonds. The molecule has 314 valence electrons. The highest BCUT2D eigenvalue weighted by molar-refractivity contribution is 5.94. The molecule has 0 aliphatic heterocycles. The van der Waals surface area contributed by atoms with Crippen LogP contribution in [0.2, 0.25) is 0 Å². The highest BCUT2D eigenvalue weighted by Crippen LogP contribution is 2.24. The van der Waals surface area contributed by atoms with Crippen molar-refractivity contribution in [3.8, 4) is 23.0 Å². The summed E-state index contributed by atoms with van der Waals surface area (Å²) in [7, 11) is 0. The summed E-state index contributed by atoms with van der Waals surface area (Å²) in [5.41, 5.74) is 1.58. The van der Waals surface area contributed by atoms with Crippen molar-refractivity contribution in [3.05, 3.63) is 143 Å². The van der Waals surface area contributed by atoms with Crippen LogP contribution in [0.4, 0.5) is 20.2 Å². The zero-order chi connectivity index (χ0) is 42.4. The maximum Gasteiger partial charge on any atom is 0.343 e. The van der Waals surface area contributed by atoms with Gasteiger partial charge in [-0.2, -0.15) is 0 Å². The van der Waals surface area contributed by atoms with E-state index in [1.165, 1.54) is 112 Å². The minimum absolute atomic E-state index is 0.0251. The van der Waals surface area contributed by atoms with Gasteiger partial charge >= 0.3 is 11.9 Å². The number of rotatable bonds is 24. The molecule has 5 rings (SSSR count). The van der Waals surface area contributed by atoms with E-state index in [-0.39, 0.29) is 33.8 Å². The van der Waals surface area contributed by atoms with Gasteiger partial charge in [-0.1, -0.05) is 84.1 Å². The van der Waals surface area contributed by atoms with Gasteiger partial charge < -0.3 is 18.9 Å². The van der Waals surface area contributed by atoms with Crippen molar-refractivity contribution in [2.75, 3.05) is 13.2 Å². The molecule has 0 heterocycles. The fraction of sp³-hybridized carbons (Fsp3) is 0.320. The smallest absolute Gasteiger partial charge is 0.343 e. The van der Waals surface area contributed by atoms with E-state index in [1.54, 1.807) is 24.3 Å². The first-order valence-corrected chi connectivity index (χ1v) is 21.0. The number of hydrogen-bond acceptors (Lipinski definition) is 8. The van der Waals surface area contributed by atoms with Crippen LogP contribution in [0.5, 0.6) is 23.0 Å². The highest BCUT2D eigenvalue weighted by Gasteiger charge is 2.15. The van der Waals surface area contributed by atoms with Gasteiger partial charge in [-0.3, -0.25) is 9.98 Å². The van der Waals surface area contributed by atoms with Crippen molar-refractivity contribution in [1.82, 2.24) is 0 Å². The Hall–Kier alpha value is -6.16. The van der Waals surface area contributed by atoms with Gasteiger partial charge in [0.05, 0.1) is 35.7 Å². The summed E-state index contributed by atoms with van der Waals surface area (Å²) in [4.78, 5) is 34.5. The Labute approximate surface area is 352 Å². The minimum Gasteiger partial charge on any atom is -0.494 e. The molecule has 0 aliphatic rings. The van der Waals surface area contributed by atoms with E-state index >= 15 is 8.78 Å². The van der Waals surface area contributed by atoms with E-state index in [9.17, 15) is 9.59 Å². The number of carbonyl (C=O) groups excluding carboxylic acids is 2. The third-order valence-electron chi connectivity index (χ3n) is 9.61. The predicted octanol–water partition coefficient (Wildman–Crippen LogP) is 13.4. The lowest BCUT2D eigenvalue weighted by molar-refractivity contribution is 0.0732. The monoisotopic (exact) mass is 816 g/mol. The molecule has 0 N–H and O–H groups in total. The Kier molecular flexibility index (Phi) is 18.5. The number of unbranched alkanes of at least 4 members (excludes halogenated alkanes) is 10. The number of hydrogen-bond donors (Lipinski definition) is 0. The number of nitrogens with zero attached hydrogens (tertiary/aromatic N) is 2. The minimum atomic E-state index is -0.815. The van der Waals surface area contributed by atoms with Crippen LogP contribution in [0.15, 0.2) is 119 Å². The molecule has 60 heavy (non-hydrogen) atoms. The number of halogens is 2. The largest absolute Gasteiger partial charge is 0.494 e. The lowest BCUT2D eigenvalue weighted by Gasteiger charge is -2.09. The van der Waals surface area contributed by atoms with Crippen molar-refractivity contribution < 1.29 is 37.3 Å². The zero-order valence-electron chi connectivity index (χ0n) is 34.5. The third kappa shape index (κ3) is 15.2. The van der Waals surface area contributed by atoms with Crippen LogP contribution in [0.25, 0.3) is 0 Å². The molecule has 0 unspecified atom stereocenters. The summed E-state index contributed by atoms with van der Waals surface area (Å²) in [6.07, 6.45) is 17.1. The molecule has 5 aromatic carbocycles. The molecule has 0 aliphatic carbocycles. The summed E-state index contributed by atoms with van der Waals surface area (Å²) >= 11 is 0. The number of aliphatic imine (C=N–C) groups is 2. The molecule has 10 heteroatoms. The van der Waals surface area contributed by atoms with Crippen LogP contribution in [0.3, 0.4) is 0 Å².